The lowest BCUT2D eigenvalue weighted by molar-refractivity contribution is -0.274. The van der Waals surface area contributed by atoms with Crippen molar-refractivity contribution in [2.24, 2.45) is 5.92 Å². The van der Waals surface area contributed by atoms with E-state index in [0.717, 1.165) is 38.1 Å². The molecular formula is C22H27F3N6O4S. The molecule has 1 aromatic carbocycles. The molecule has 0 aliphatic carbocycles. The maximum Gasteiger partial charge on any atom is 0.573 e. The SMILES string of the molecule is CC1CCN(c2nnc(NC(=O)c3ccc(OC(F)(F)F)c(NC(=O)CN4CCOCC4)c3)s2)CC1. The summed E-state index contributed by atoms with van der Waals surface area (Å²) < 4.78 is 48.0. The van der Waals surface area contributed by atoms with E-state index in [1.165, 1.54) is 17.4 Å². The maximum atomic E-state index is 12.9. The lowest BCUT2D eigenvalue weighted by Gasteiger charge is -2.29. The summed E-state index contributed by atoms with van der Waals surface area (Å²) in [4.78, 5) is 29.2. The van der Waals surface area contributed by atoms with Gasteiger partial charge >= 0.3 is 6.36 Å². The minimum Gasteiger partial charge on any atom is -0.404 e. The molecule has 2 amide bonds. The first kappa shape index (κ1) is 26.1. The van der Waals surface area contributed by atoms with Crippen LogP contribution in [0.3, 0.4) is 0 Å². The number of nitrogens with zero attached hydrogens (tertiary/aromatic N) is 4. The van der Waals surface area contributed by atoms with Gasteiger partial charge in [0.05, 0.1) is 25.4 Å². The minimum absolute atomic E-state index is 0.0229. The standard InChI is InChI=1S/C22H27F3N6O4S/c1-14-4-6-31(7-5-14)21-29-28-20(36-21)27-19(33)15-2-3-17(35-22(23,24)25)16(12-15)26-18(32)13-30-8-10-34-11-9-30/h2-3,12,14H,4-11,13H2,1H3,(H,26,32)(H,27,28,33). The highest BCUT2D eigenvalue weighted by Crippen LogP contribution is 2.32. The lowest BCUT2D eigenvalue weighted by atomic mass is 10.00. The third kappa shape index (κ3) is 7.27. The van der Waals surface area contributed by atoms with Crippen LogP contribution in [0.1, 0.15) is 30.1 Å². The highest BCUT2D eigenvalue weighted by molar-refractivity contribution is 7.19. The molecule has 0 radical (unpaired) electrons. The van der Waals surface area contributed by atoms with Gasteiger partial charge in [-0.2, -0.15) is 0 Å². The number of rotatable bonds is 7. The Morgan fingerprint density at radius 1 is 1.14 bits per heavy atom. The van der Waals surface area contributed by atoms with Crippen LogP contribution in [0.4, 0.5) is 29.1 Å². The first-order valence-electron chi connectivity index (χ1n) is 11.6. The molecule has 2 aliphatic heterocycles. The Hall–Kier alpha value is -2.97. The van der Waals surface area contributed by atoms with Gasteiger partial charge in [-0.1, -0.05) is 18.3 Å². The summed E-state index contributed by atoms with van der Waals surface area (Å²) in [7, 11) is 0. The molecular weight excluding hydrogens is 501 g/mol. The number of aromatic nitrogens is 2. The van der Waals surface area contributed by atoms with Crippen LogP contribution in [0.5, 0.6) is 5.75 Å². The van der Waals surface area contributed by atoms with Crippen molar-refractivity contribution in [2.45, 2.75) is 26.1 Å². The van der Waals surface area contributed by atoms with Crippen LogP contribution in [-0.4, -0.2) is 79.2 Å². The number of amides is 2. The van der Waals surface area contributed by atoms with Gasteiger partial charge in [0.15, 0.2) is 5.75 Å². The summed E-state index contributed by atoms with van der Waals surface area (Å²) in [6, 6.07) is 3.32. The second-order valence-corrected chi connectivity index (χ2v) is 9.66. The first-order chi connectivity index (χ1) is 17.2. The molecule has 3 heterocycles. The van der Waals surface area contributed by atoms with Gasteiger partial charge < -0.3 is 19.7 Å². The number of hydrogen-bond donors (Lipinski definition) is 2. The van der Waals surface area contributed by atoms with E-state index in [9.17, 15) is 22.8 Å². The predicted octanol–water partition coefficient (Wildman–Crippen LogP) is 3.20. The van der Waals surface area contributed by atoms with Gasteiger partial charge in [-0.15, -0.1) is 23.4 Å². The predicted molar refractivity (Wildman–Crippen MR) is 127 cm³/mol. The third-order valence-electron chi connectivity index (χ3n) is 5.90. The molecule has 4 rings (SSSR count). The smallest absolute Gasteiger partial charge is 0.404 e. The largest absolute Gasteiger partial charge is 0.573 e. The fraction of sp³-hybridized carbons (Fsp3) is 0.545. The van der Waals surface area contributed by atoms with Crippen LogP contribution < -0.4 is 20.3 Å². The number of carbonyl (C=O) groups excluding carboxylic acids is 2. The normalized spacial score (nSPS) is 17.6. The number of piperidine rings is 1. The van der Waals surface area contributed by atoms with Crippen molar-refractivity contribution in [3.05, 3.63) is 23.8 Å². The Kier molecular flexibility index (Phi) is 8.26. The number of anilines is 3. The Balaban J connectivity index is 1.45. The van der Waals surface area contributed by atoms with Crippen LogP contribution in [0, 0.1) is 5.92 Å². The summed E-state index contributed by atoms with van der Waals surface area (Å²) >= 11 is 1.22. The quantitative estimate of drug-likeness (QED) is 0.564. The van der Waals surface area contributed by atoms with Gasteiger partial charge in [0.1, 0.15) is 0 Å². The zero-order valence-electron chi connectivity index (χ0n) is 19.6. The molecule has 2 saturated heterocycles. The minimum atomic E-state index is -4.97. The molecule has 14 heteroatoms. The Morgan fingerprint density at radius 3 is 2.56 bits per heavy atom. The van der Waals surface area contributed by atoms with Crippen molar-refractivity contribution in [1.82, 2.24) is 15.1 Å². The molecule has 196 valence electrons. The molecule has 2 aliphatic rings. The summed E-state index contributed by atoms with van der Waals surface area (Å²) in [5.41, 5.74) is -0.242. The number of hydrogen-bond acceptors (Lipinski definition) is 9. The number of alkyl halides is 3. The Bertz CT molecular complexity index is 1070. The van der Waals surface area contributed by atoms with Crippen molar-refractivity contribution in [1.29, 1.82) is 0 Å². The van der Waals surface area contributed by atoms with Gasteiger partial charge in [-0.25, -0.2) is 0 Å². The molecule has 0 unspecified atom stereocenters. The van der Waals surface area contributed by atoms with Crippen LogP contribution >= 0.6 is 11.3 Å². The van der Waals surface area contributed by atoms with Gasteiger partial charge in [0.25, 0.3) is 5.91 Å². The number of ether oxygens (including phenoxy) is 2. The van der Waals surface area contributed by atoms with E-state index in [1.54, 1.807) is 0 Å². The average molecular weight is 529 g/mol. The van der Waals surface area contributed by atoms with E-state index in [-0.39, 0.29) is 22.9 Å². The second kappa shape index (κ2) is 11.4. The van der Waals surface area contributed by atoms with Crippen molar-refractivity contribution in [3.63, 3.8) is 0 Å². The second-order valence-electron chi connectivity index (χ2n) is 8.71. The molecule has 2 aromatic rings. The summed E-state index contributed by atoms with van der Waals surface area (Å²) in [6.45, 7) is 5.88. The van der Waals surface area contributed by atoms with Crippen molar-refractivity contribution < 1.29 is 32.2 Å². The number of nitrogens with one attached hydrogen (secondary N) is 2. The fourth-order valence-electron chi connectivity index (χ4n) is 3.90. The zero-order chi connectivity index (χ0) is 25.7. The van der Waals surface area contributed by atoms with E-state index >= 15 is 0 Å². The number of morpholine rings is 1. The van der Waals surface area contributed by atoms with Gasteiger partial charge in [-0.3, -0.25) is 19.8 Å². The molecule has 2 N–H and O–H groups in total. The van der Waals surface area contributed by atoms with Crippen LogP contribution in [0.2, 0.25) is 0 Å². The Morgan fingerprint density at radius 2 is 1.86 bits per heavy atom. The molecule has 0 atom stereocenters. The lowest BCUT2D eigenvalue weighted by Crippen LogP contribution is -2.41. The van der Waals surface area contributed by atoms with Crippen molar-refractivity contribution >= 4 is 39.1 Å². The molecule has 0 bridgehead atoms. The highest BCUT2D eigenvalue weighted by atomic mass is 32.1. The summed E-state index contributed by atoms with van der Waals surface area (Å²) in [6.07, 6.45) is -2.87. The molecule has 36 heavy (non-hydrogen) atoms. The average Bonchev–Trinajstić information content (AvgIpc) is 3.28. The van der Waals surface area contributed by atoms with E-state index in [2.05, 4.69) is 37.4 Å². The first-order valence-corrected chi connectivity index (χ1v) is 12.4. The van der Waals surface area contributed by atoms with E-state index in [0.29, 0.717) is 37.4 Å². The van der Waals surface area contributed by atoms with Crippen molar-refractivity contribution in [2.75, 3.05) is 61.5 Å². The monoisotopic (exact) mass is 528 g/mol. The highest BCUT2D eigenvalue weighted by Gasteiger charge is 2.33. The molecule has 0 saturated carbocycles. The number of halogens is 3. The third-order valence-corrected chi connectivity index (χ3v) is 6.80. The van der Waals surface area contributed by atoms with E-state index in [1.807, 2.05) is 4.90 Å². The van der Waals surface area contributed by atoms with E-state index in [4.69, 9.17) is 4.74 Å². The summed E-state index contributed by atoms with van der Waals surface area (Å²) in [5.74, 6) is -1.11. The molecule has 2 fully saturated rings. The zero-order valence-corrected chi connectivity index (χ0v) is 20.5. The number of carbonyl (C=O) groups is 2. The van der Waals surface area contributed by atoms with Crippen LogP contribution in [-0.2, 0) is 9.53 Å². The van der Waals surface area contributed by atoms with Gasteiger partial charge in [-0.05, 0) is 37.0 Å². The maximum absolute atomic E-state index is 12.9. The van der Waals surface area contributed by atoms with Crippen LogP contribution in [0.25, 0.3) is 0 Å². The number of benzene rings is 1. The van der Waals surface area contributed by atoms with Crippen LogP contribution in [0.15, 0.2) is 18.2 Å². The summed E-state index contributed by atoms with van der Waals surface area (Å²) in [5, 5.41) is 14.2. The topological polar surface area (TPSA) is 109 Å². The molecule has 10 nitrogen and oxygen atoms in total. The van der Waals surface area contributed by atoms with E-state index < -0.39 is 23.9 Å². The fourth-order valence-corrected chi connectivity index (χ4v) is 4.69. The Labute approximate surface area is 209 Å². The molecule has 1 aromatic heterocycles. The van der Waals surface area contributed by atoms with Crippen molar-refractivity contribution in [3.8, 4) is 5.75 Å². The van der Waals surface area contributed by atoms with Gasteiger partial charge in [0.2, 0.25) is 16.2 Å². The molecule has 0 spiro atoms. The van der Waals surface area contributed by atoms with Gasteiger partial charge in [0, 0.05) is 31.7 Å².